The Bertz CT molecular complexity index is 1200. The molecule has 0 radical (unpaired) electrons. The van der Waals surface area contributed by atoms with E-state index in [9.17, 15) is 19.6 Å². The summed E-state index contributed by atoms with van der Waals surface area (Å²) in [6.45, 7) is 3.94. The summed E-state index contributed by atoms with van der Waals surface area (Å²) in [5.74, 6) is -3.22. The third-order valence-corrected chi connectivity index (χ3v) is 6.35. The standard InChI is InChI=1S/C24H25N5O4/c1-15-16(2)29(33)21(28(15)14-17-8-6-5-7-9-17)19(18-10-12-25-13-11-18)20-22(30)26(3)24(32)27(4)23(20)31/h5-13,19-20H,14H2,1-4H3/t19-/m1/s1. The van der Waals surface area contributed by atoms with Crippen molar-refractivity contribution in [3.63, 3.8) is 0 Å². The van der Waals surface area contributed by atoms with E-state index in [0.29, 0.717) is 17.8 Å². The summed E-state index contributed by atoms with van der Waals surface area (Å²) >= 11 is 0. The van der Waals surface area contributed by atoms with E-state index < -0.39 is 29.7 Å². The molecule has 1 atom stereocenters. The highest BCUT2D eigenvalue weighted by Gasteiger charge is 2.51. The van der Waals surface area contributed by atoms with Gasteiger partial charge in [0.15, 0.2) is 0 Å². The van der Waals surface area contributed by atoms with Crippen LogP contribution in [0, 0.1) is 25.0 Å². The van der Waals surface area contributed by atoms with Crippen molar-refractivity contribution in [3.05, 3.63) is 88.4 Å². The Morgan fingerprint density at radius 3 is 2.12 bits per heavy atom. The molecule has 1 aliphatic rings. The normalized spacial score (nSPS) is 15.9. The lowest BCUT2D eigenvalue weighted by Gasteiger charge is -2.35. The van der Waals surface area contributed by atoms with Crippen LogP contribution in [-0.4, -0.2) is 51.3 Å². The number of hydrogen-bond acceptors (Lipinski definition) is 5. The highest BCUT2D eigenvalue weighted by Crippen LogP contribution is 2.36. The predicted molar refractivity (Wildman–Crippen MR) is 119 cm³/mol. The first-order chi connectivity index (χ1) is 15.7. The zero-order valence-corrected chi connectivity index (χ0v) is 18.9. The lowest BCUT2D eigenvalue weighted by Crippen LogP contribution is -2.59. The lowest BCUT2D eigenvalue weighted by atomic mass is 9.82. The first-order valence-electron chi connectivity index (χ1n) is 10.6. The molecule has 3 aromatic rings. The van der Waals surface area contributed by atoms with E-state index >= 15 is 0 Å². The molecule has 4 rings (SSSR count). The van der Waals surface area contributed by atoms with Crippen LogP contribution in [0.1, 0.15) is 34.3 Å². The van der Waals surface area contributed by atoms with Gasteiger partial charge in [-0.3, -0.25) is 24.4 Å². The number of imide groups is 2. The maximum Gasteiger partial charge on any atom is 0.332 e. The minimum absolute atomic E-state index is 0.267. The van der Waals surface area contributed by atoms with Crippen molar-refractivity contribution in [2.24, 2.45) is 5.92 Å². The monoisotopic (exact) mass is 447 g/mol. The average molecular weight is 447 g/mol. The number of benzene rings is 1. The zero-order valence-electron chi connectivity index (χ0n) is 18.9. The number of pyridine rings is 1. The second-order valence-electron chi connectivity index (χ2n) is 8.21. The SMILES string of the molecule is Cc1c(C)[n+]([O-])c([C@H](c2ccncc2)C2C(=O)N(C)C(=O)N(C)C2=O)n1Cc1ccccc1. The van der Waals surface area contributed by atoms with E-state index in [2.05, 4.69) is 4.98 Å². The summed E-state index contributed by atoms with van der Waals surface area (Å²) in [6.07, 6.45) is 3.11. The molecule has 1 saturated heterocycles. The van der Waals surface area contributed by atoms with E-state index in [1.54, 1.807) is 31.5 Å². The second kappa shape index (κ2) is 8.50. The van der Waals surface area contributed by atoms with Crippen LogP contribution >= 0.6 is 0 Å². The number of carbonyl (C=O) groups excluding carboxylic acids is 3. The van der Waals surface area contributed by atoms with Crippen LogP contribution < -0.4 is 4.73 Å². The Labute approximate surface area is 191 Å². The summed E-state index contributed by atoms with van der Waals surface area (Å²) in [5.41, 5.74) is 2.77. The number of urea groups is 1. The smallest absolute Gasteiger partial charge is 0.332 e. The largest absolute Gasteiger partial charge is 0.711 e. The number of hydrogen-bond donors (Lipinski definition) is 0. The maximum absolute atomic E-state index is 13.5. The molecule has 2 aromatic heterocycles. The minimum atomic E-state index is -1.27. The van der Waals surface area contributed by atoms with Crippen molar-refractivity contribution < 1.29 is 19.1 Å². The third kappa shape index (κ3) is 3.65. The fourth-order valence-electron chi connectivity index (χ4n) is 4.34. The zero-order chi connectivity index (χ0) is 23.9. The molecule has 1 aliphatic heterocycles. The van der Waals surface area contributed by atoms with Gasteiger partial charge in [0.25, 0.3) is 5.82 Å². The van der Waals surface area contributed by atoms with Crippen molar-refractivity contribution in [1.29, 1.82) is 0 Å². The van der Waals surface area contributed by atoms with E-state index in [-0.39, 0.29) is 5.82 Å². The fraction of sp³-hybridized carbons (Fsp3) is 0.292. The topological polar surface area (TPSA) is 102 Å². The van der Waals surface area contributed by atoms with Gasteiger partial charge in [-0.05, 0) is 23.3 Å². The van der Waals surface area contributed by atoms with Crippen LogP contribution in [0.2, 0.25) is 0 Å². The van der Waals surface area contributed by atoms with E-state index in [4.69, 9.17) is 0 Å². The minimum Gasteiger partial charge on any atom is -0.711 e. The van der Waals surface area contributed by atoms with Gasteiger partial charge >= 0.3 is 6.03 Å². The van der Waals surface area contributed by atoms with Gasteiger partial charge in [-0.1, -0.05) is 30.3 Å². The molecule has 9 heteroatoms. The van der Waals surface area contributed by atoms with Crippen molar-refractivity contribution in [2.45, 2.75) is 26.3 Å². The van der Waals surface area contributed by atoms with Gasteiger partial charge in [0, 0.05) is 40.3 Å². The van der Waals surface area contributed by atoms with Gasteiger partial charge < -0.3 is 5.21 Å². The van der Waals surface area contributed by atoms with E-state index in [0.717, 1.165) is 25.8 Å². The van der Waals surface area contributed by atoms with Gasteiger partial charge in [0.1, 0.15) is 29.8 Å². The molecule has 4 amide bonds. The number of aromatic nitrogens is 3. The molecular weight excluding hydrogens is 422 g/mol. The fourth-order valence-corrected chi connectivity index (χ4v) is 4.34. The van der Waals surface area contributed by atoms with Gasteiger partial charge in [-0.25, -0.2) is 14.1 Å². The molecular formula is C24H25N5O4. The van der Waals surface area contributed by atoms with E-state index in [1.165, 1.54) is 14.1 Å². The Morgan fingerprint density at radius 1 is 0.970 bits per heavy atom. The van der Waals surface area contributed by atoms with Gasteiger partial charge in [-0.2, -0.15) is 0 Å². The number of barbiturate groups is 1. The van der Waals surface area contributed by atoms with Crippen LogP contribution in [0.25, 0.3) is 0 Å². The van der Waals surface area contributed by atoms with Crippen LogP contribution in [0.15, 0.2) is 54.9 Å². The summed E-state index contributed by atoms with van der Waals surface area (Å²) < 4.78 is 2.64. The molecule has 3 heterocycles. The molecule has 0 spiro atoms. The van der Waals surface area contributed by atoms with Crippen LogP contribution in [-0.2, 0) is 16.1 Å². The number of imidazole rings is 1. The molecule has 0 aliphatic carbocycles. The molecule has 0 unspecified atom stereocenters. The molecule has 1 aromatic carbocycles. The number of rotatable bonds is 5. The summed E-state index contributed by atoms with van der Waals surface area (Å²) in [6, 6.07) is 12.3. The molecule has 0 saturated carbocycles. The van der Waals surface area contributed by atoms with Gasteiger partial charge in [-0.15, -0.1) is 0 Å². The molecule has 0 N–H and O–H groups in total. The third-order valence-electron chi connectivity index (χ3n) is 6.35. The second-order valence-corrected chi connectivity index (χ2v) is 8.21. The Hall–Kier alpha value is -4.01. The molecule has 0 bridgehead atoms. The van der Waals surface area contributed by atoms with Crippen LogP contribution in [0.5, 0.6) is 0 Å². The first kappa shape index (κ1) is 22.2. The van der Waals surface area contributed by atoms with E-state index in [1.807, 2.05) is 41.8 Å². The Morgan fingerprint density at radius 2 is 1.55 bits per heavy atom. The maximum atomic E-state index is 13.5. The lowest BCUT2D eigenvalue weighted by molar-refractivity contribution is -0.621. The average Bonchev–Trinajstić information content (AvgIpc) is 3.04. The summed E-state index contributed by atoms with van der Waals surface area (Å²) in [7, 11) is 2.68. The summed E-state index contributed by atoms with van der Waals surface area (Å²) in [5, 5.41) is 13.5. The van der Waals surface area contributed by atoms with Crippen LogP contribution in [0.3, 0.4) is 0 Å². The summed E-state index contributed by atoms with van der Waals surface area (Å²) in [4.78, 5) is 44.8. The molecule has 1 fully saturated rings. The quantitative estimate of drug-likeness (QED) is 0.338. The van der Waals surface area contributed by atoms with Crippen molar-refractivity contribution >= 4 is 17.8 Å². The highest BCUT2D eigenvalue weighted by atomic mass is 16.5. The number of nitrogens with zero attached hydrogens (tertiary/aromatic N) is 5. The predicted octanol–water partition coefficient (Wildman–Crippen LogP) is 1.98. The Balaban J connectivity index is 1.95. The number of carbonyl (C=O) groups is 3. The van der Waals surface area contributed by atoms with Crippen molar-refractivity contribution in [1.82, 2.24) is 19.4 Å². The van der Waals surface area contributed by atoms with Gasteiger partial charge in [0.2, 0.25) is 11.8 Å². The first-order valence-corrected chi connectivity index (χ1v) is 10.6. The Kier molecular flexibility index (Phi) is 5.71. The molecule has 9 nitrogen and oxygen atoms in total. The van der Waals surface area contributed by atoms with Crippen molar-refractivity contribution in [3.8, 4) is 0 Å². The van der Waals surface area contributed by atoms with Crippen molar-refractivity contribution in [2.75, 3.05) is 14.1 Å². The van der Waals surface area contributed by atoms with Gasteiger partial charge in [0.05, 0.1) is 0 Å². The highest BCUT2D eigenvalue weighted by molar-refractivity contribution is 6.16. The molecule has 170 valence electrons. The number of amides is 4. The molecule has 33 heavy (non-hydrogen) atoms. The van der Waals surface area contributed by atoms with Crippen LogP contribution in [0.4, 0.5) is 4.79 Å².